The minimum Gasteiger partial charge on any atom is -0.494 e. The largest absolute Gasteiger partial charge is 0.494 e. The Labute approximate surface area is 107 Å². The average molecular weight is 245 g/mol. The van der Waals surface area contributed by atoms with Gasteiger partial charge in [0.25, 0.3) is 0 Å². The molecule has 0 saturated heterocycles. The molecule has 0 saturated carbocycles. The van der Waals surface area contributed by atoms with Crippen molar-refractivity contribution in [1.82, 2.24) is 4.98 Å². The van der Waals surface area contributed by atoms with Gasteiger partial charge in [0.15, 0.2) is 0 Å². The number of nitrogens with zero attached hydrogens (tertiary/aromatic N) is 1. The maximum atomic E-state index is 6.21. The van der Waals surface area contributed by atoms with E-state index in [-0.39, 0.29) is 6.04 Å². The summed E-state index contributed by atoms with van der Waals surface area (Å²) in [6.07, 6.45) is 3.59. The highest BCUT2D eigenvalue weighted by Crippen LogP contribution is 2.29. The van der Waals surface area contributed by atoms with Crippen LogP contribution >= 0.6 is 0 Å². The second-order valence-corrected chi connectivity index (χ2v) is 4.29. The lowest BCUT2D eigenvalue weighted by Gasteiger charge is -2.14. The fourth-order valence-electron chi connectivity index (χ4n) is 2.15. The van der Waals surface area contributed by atoms with E-state index in [2.05, 4.69) is 4.98 Å². The summed E-state index contributed by atoms with van der Waals surface area (Å²) in [6.45, 7) is 0.667. The molecule has 1 heterocycles. The Kier molecular flexibility index (Phi) is 4.12. The van der Waals surface area contributed by atoms with E-state index in [0.717, 1.165) is 35.1 Å². The Bertz CT molecular complexity index is 527. The first kappa shape index (κ1) is 12.8. The third-order valence-corrected chi connectivity index (χ3v) is 3.11. The van der Waals surface area contributed by atoms with Crippen LogP contribution in [-0.4, -0.2) is 18.6 Å². The summed E-state index contributed by atoms with van der Waals surface area (Å²) >= 11 is 0. The summed E-state index contributed by atoms with van der Waals surface area (Å²) in [6, 6.07) is 7.86. The number of ether oxygens (including phenoxy) is 1. The van der Waals surface area contributed by atoms with Gasteiger partial charge in [-0.05, 0) is 37.1 Å². The van der Waals surface area contributed by atoms with Crippen LogP contribution in [0.25, 0.3) is 10.9 Å². The number of benzene rings is 1. The van der Waals surface area contributed by atoms with E-state index in [1.807, 2.05) is 24.3 Å². The number of rotatable bonds is 5. The van der Waals surface area contributed by atoms with Crippen molar-refractivity contribution < 1.29 is 4.74 Å². The predicted octanol–water partition coefficient (Wildman–Crippen LogP) is 1.98. The average Bonchev–Trinajstić information content (AvgIpc) is 2.43. The molecule has 0 aliphatic carbocycles. The van der Waals surface area contributed by atoms with Crippen LogP contribution < -0.4 is 16.2 Å². The monoisotopic (exact) mass is 245 g/mol. The van der Waals surface area contributed by atoms with Crippen molar-refractivity contribution in [3.63, 3.8) is 0 Å². The van der Waals surface area contributed by atoms with Crippen molar-refractivity contribution in [3.8, 4) is 5.75 Å². The van der Waals surface area contributed by atoms with E-state index in [1.54, 1.807) is 13.3 Å². The Balaban J connectivity index is 2.45. The van der Waals surface area contributed by atoms with Gasteiger partial charge in [-0.1, -0.05) is 12.1 Å². The summed E-state index contributed by atoms with van der Waals surface area (Å²) in [5, 5.41) is 1.06. The maximum absolute atomic E-state index is 6.21. The standard InChI is InChI=1S/C14H19N3O/c1-18-13-6-2-4-11-10(7-9-17-14(11)13)12(16)5-3-8-15/h2,4,6-7,9,12H,3,5,8,15-16H2,1H3. The first-order chi connectivity index (χ1) is 8.77. The smallest absolute Gasteiger partial charge is 0.145 e. The summed E-state index contributed by atoms with van der Waals surface area (Å²) in [5.41, 5.74) is 13.7. The fourth-order valence-corrected chi connectivity index (χ4v) is 2.15. The Morgan fingerprint density at radius 2 is 2.17 bits per heavy atom. The van der Waals surface area contributed by atoms with Crippen LogP contribution in [0.5, 0.6) is 5.75 Å². The number of hydrogen-bond donors (Lipinski definition) is 2. The zero-order valence-corrected chi connectivity index (χ0v) is 10.6. The second kappa shape index (κ2) is 5.80. The summed E-state index contributed by atoms with van der Waals surface area (Å²) in [4.78, 5) is 4.37. The topological polar surface area (TPSA) is 74.2 Å². The van der Waals surface area contributed by atoms with E-state index < -0.39 is 0 Å². The van der Waals surface area contributed by atoms with E-state index in [9.17, 15) is 0 Å². The van der Waals surface area contributed by atoms with Crippen molar-refractivity contribution in [3.05, 3.63) is 36.0 Å². The molecule has 1 aromatic heterocycles. The molecule has 1 aromatic carbocycles. The number of para-hydroxylation sites is 1. The van der Waals surface area contributed by atoms with Crippen LogP contribution in [0, 0.1) is 0 Å². The van der Waals surface area contributed by atoms with E-state index >= 15 is 0 Å². The predicted molar refractivity (Wildman–Crippen MR) is 73.5 cm³/mol. The van der Waals surface area contributed by atoms with Gasteiger partial charge in [-0.2, -0.15) is 0 Å². The van der Waals surface area contributed by atoms with Crippen LogP contribution in [0.4, 0.5) is 0 Å². The van der Waals surface area contributed by atoms with E-state index in [1.165, 1.54) is 0 Å². The quantitative estimate of drug-likeness (QED) is 0.844. The van der Waals surface area contributed by atoms with Gasteiger partial charge in [-0.15, -0.1) is 0 Å². The molecule has 0 radical (unpaired) electrons. The lowest BCUT2D eigenvalue weighted by molar-refractivity contribution is 0.419. The highest BCUT2D eigenvalue weighted by atomic mass is 16.5. The molecule has 18 heavy (non-hydrogen) atoms. The molecule has 4 nitrogen and oxygen atoms in total. The highest BCUT2D eigenvalue weighted by molar-refractivity contribution is 5.87. The molecular formula is C14H19N3O. The zero-order chi connectivity index (χ0) is 13.0. The molecule has 1 unspecified atom stereocenters. The molecule has 0 aliphatic heterocycles. The third-order valence-electron chi connectivity index (χ3n) is 3.11. The normalized spacial score (nSPS) is 12.6. The van der Waals surface area contributed by atoms with Gasteiger partial charge in [0.2, 0.25) is 0 Å². The number of aromatic nitrogens is 1. The lowest BCUT2D eigenvalue weighted by atomic mass is 9.99. The molecule has 2 aromatic rings. The molecule has 2 rings (SSSR count). The molecule has 0 aliphatic rings. The SMILES string of the molecule is COc1cccc2c(C(N)CCCN)ccnc12. The Morgan fingerprint density at radius 1 is 1.33 bits per heavy atom. The van der Waals surface area contributed by atoms with Gasteiger partial charge in [0.1, 0.15) is 11.3 Å². The fraction of sp³-hybridized carbons (Fsp3) is 0.357. The van der Waals surface area contributed by atoms with Crippen molar-refractivity contribution in [1.29, 1.82) is 0 Å². The second-order valence-electron chi connectivity index (χ2n) is 4.29. The van der Waals surface area contributed by atoms with Crippen molar-refractivity contribution >= 4 is 10.9 Å². The highest BCUT2D eigenvalue weighted by Gasteiger charge is 2.12. The van der Waals surface area contributed by atoms with E-state index in [4.69, 9.17) is 16.2 Å². The molecule has 0 spiro atoms. The van der Waals surface area contributed by atoms with Gasteiger partial charge in [-0.3, -0.25) is 4.98 Å². The van der Waals surface area contributed by atoms with Crippen LogP contribution in [0.2, 0.25) is 0 Å². The van der Waals surface area contributed by atoms with Gasteiger partial charge in [-0.25, -0.2) is 0 Å². The summed E-state index contributed by atoms with van der Waals surface area (Å²) in [5.74, 6) is 0.778. The number of pyridine rings is 1. The first-order valence-corrected chi connectivity index (χ1v) is 6.15. The zero-order valence-electron chi connectivity index (χ0n) is 10.6. The summed E-state index contributed by atoms with van der Waals surface area (Å²) in [7, 11) is 1.65. The first-order valence-electron chi connectivity index (χ1n) is 6.15. The van der Waals surface area contributed by atoms with Crippen molar-refractivity contribution in [2.24, 2.45) is 11.5 Å². The van der Waals surface area contributed by atoms with Crippen LogP contribution in [0.3, 0.4) is 0 Å². The Morgan fingerprint density at radius 3 is 2.89 bits per heavy atom. The van der Waals surface area contributed by atoms with E-state index in [0.29, 0.717) is 6.54 Å². The van der Waals surface area contributed by atoms with Gasteiger partial charge in [0, 0.05) is 17.6 Å². The Hall–Kier alpha value is -1.65. The molecule has 4 N–H and O–H groups in total. The minimum absolute atomic E-state index is 0.00819. The maximum Gasteiger partial charge on any atom is 0.145 e. The van der Waals surface area contributed by atoms with Gasteiger partial charge < -0.3 is 16.2 Å². The molecule has 96 valence electrons. The number of methoxy groups -OCH3 is 1. The minimum atomic E-state index is -0.00819. The lowest BCUT2D eigenvalue weighted by Crippen LogP contribution is -2.13. The molecule has 4 heteroatoms. The molecular weight excluding hydrogens is 226 g/mol. The van der Waals surface area contributed by atoms with Crippen LogP contribution in [0.15, 0.2) is 30.5 Å². The van der Waals surface area contributed by atoms with Gasteiger partial charge >= 0.3 is 0 Å². The summed E-state index contributed by atoms with van der Waals surface area (Å²) < 4.78 is 5.32. The van der Waals surface area contributed by atoms with Crippen LogP contribution in [-0.2, 0) is 0 Å². The number of hydrogen-bond acceptors (Lipinski definition) is 4. The van der Waals surface area contributed by atoms with Crippen molar-refractivity contribution in [2.45, 2.75) is 18.9 Å². The van der Waals surface area contributed by atoms with Gasteiger partial charge in [0.05, 0.1) is 7.11 Å². The molecule has 0 bridgehead atoms. The third kappa shape index (κ3) is 2.44. The molecule has 0 amide bonds. The number of nitrogens with two attached hydrogens (primary N) is 2. The molecule has 1 atom stereocenters. The van der Waals surface area contributed by atoms with Crippen LogP contribution in [0.1, 0.15) is 24.4 Å². The van der Waals surface area contributed by atoms with Crippen molar-refractivity contribution in [2.75, 3.05) is 13.7 Å². The molecule has 0 fully saturated rings. The number of fused-ring (bicyclic) bond motifs is 1.